The molecule has 174 valence electrons. The minimum atomic E-state index is 0.00805. The van der Waals surface area contributed by atoms with Crippen LogP contribution in [0.1, 0.15) is 29.0 Å². The maximum atomic E-state index is 12.8. The van der Waals surface area contributed by atoms with Gasteiger partial charge in [-0.1, -0.05) is 11.2 Å². The van der Waals surface area contributed by atoms with Gasteiger partial charge in [-0.2, -0.15) is 0 Å². The fourth-order valence-electron chi connectivity index (χ4n) is 3.74. The van der Waals surface area contributed by atoms with Gasteiger partial charge in [-0.05, 0) is 44.0 Å². The van der Waals surface area contributed by atoms with E-state index in [0.717, 1.165) is 53.8 Å². The van der Waals surface area contributed by atoms with Crippen LogP contribution >= 0.6 is 11.3 Å². The second-order valence-electron chi connectivity index (χ2n) is 7.82. The van der Waals surface area contributed by atoms with Crippen molar-refractivity contribution in [1.29, 1.82) is 0 Å². The second kappa shape index (κ2) is 10.5. The number of methoxy groups -OCH3 is 1. The molecule has 0 bridgehead atoms. The number of rotatable bonds is 7. The van der Waals surface area contributed by atoms with Crippen molar-refractivity contribution in [2.75, 3.05) is 38.2 Å². The summed E-state index contributed by atoms with van der Waals surface area (Å²) in [6.45, 7) is 7.22. The van der Waals surface area contributed by atoms with Gasteiger partial charge in [-0.15, -0.1) is 11.3 Å². The number of benzene rings is 1. The number of aryl methyl sites for hydroxylation is 2. The Kier molecular flexibility index (Phi) is 7.29. The van der Waals surface area contributed by atoms with Crippen LogP contribution in [-0.2, 0) is 11.4 Å². The van der Waals surface area contributed by atoms with E-state index in [0.29, 0.717) is 24.7 Å². The van der Waals surface area contributed by atoms with Gasteiger partial charge in [-0.25, -0.2) is 4.98 Å². The third kappa shape index (κ3) is 5.54. The van der Waals surface area contributed by atoms with Gasteiger partial charge in [-0.3, -0.25) is 4.79 Å². The predicted molar refractivity (Wildman–Crippen MR) is 128 cm³/mol. The summed E-state index contributed by atoms with van der Waals surface area (Å²) < 4.78 is 16.6. The summed E-state index contributed by atoms with van der Waals surface area (Å²) in [5, 5.41) is 6.95. The SMILES string of the molecule is COc1cc(/C=C/C(=O)N2CCCN(c3nccs3)CC2)ccc1OCc1c(C)noc1C. The predicted octanol–water partition coefficient (Wildman–Crippen LogP) is 4.09. The standard InChI is InChI=1S/C24H28N4O4S/c1-17-20(18(2)32-26-17)16-31-21-7-5-19(15-22(21)30-3)6-8-23(29)27-10-4-11-28(13-12-27)24-25-9-14-33-24/h5-9,14-15H,4,10-13,16H2,1-3H3/b8-6+. The fraction of sp³-hybridized carbons (Fsp3) is 0.375. The number of amides is 1. The first-order valence-electron chi connectivity index (χ1n) is 10.9. The smallest absolute Gasteiger partial charge is 0.246 e. The Labute approximate surface area is 197 Å². The summed E-state index contributed by atoms with van der Waals surface area (Å²) in [5.41, 5.74) is 2.61. The average Bonchev–Trinajstić information content (AvgIpc) is 3.39. The molecule has 0 unspecified atom stereocenters. The largest absolute Gasteiger partial charge is 0.493 e. The van der Waals surface area contributed by atoms with Crippen LogP contribution < -0.4 is 14.4 Å². The lowest BCUT2D eigenvalue weighted by atomic mass is 10.1. The molecule has 1 amide bonds. The molecule has 0 N–H and O–H groups in total. The highest BCUT2D eigenvalue weighted by atomic mass is 32.1. The number of hydrogen-bond donors (Lipinski definition) is 0. The van der Waals surface area contributed by atoms with E-state index in [9.17, 15) is 4.79 Å². The zero-order valence-corrected chi connectivity index (χ0v) is 19.9. The molecule has 2 aromatic heterocycles. The Morgan fingerprint density at radius 3 is 2.82 bits per heavy atom. The number of hydrogen-bond acceptors (Lipinski definition) is 8. The molecule has 0 spiro atoms. The zero-order valence-electron chi connectivity index (χ0n) is 19.1. The van der Waals surface area contributed by atoms with Gasteiger partial charge in [0.25, 0.3) is 0 Å². The highest BCUT2D eigenvalue weighted by Crippen LogP contribution is 2.30. The lowest BCUT2D eigenvalue weighted by Gasteiger charge is -2.20. The van der Waals surface area contributed by atoms with Gasteiger partial charge in [0.1, 0.15) is 12.4 Å². The number of nitrogens with zero attached hydrogens (tertiary/aromatic N) is 4. The molecule has 0 atom stereocenters. The van der Waals surface area contributed by atoms with E-state index in [-0.39, 0.29) is 5.91 Å². The van der Waals surface area contributed by atoms with Crippen molar-refractivity contribution in [3.63, 3.8) is 0 Å². The van der Waals surface area contributed by atoms with E-state index < -0.39 is 0 Å². The van der Waals surface area contributed by atoms with Gasteiger partial charge in [0.2, 0.25) is 5.91 Å². The van der Waals surface area contributed by atoms with Crippen LogP contribution in [0.25, 0.3) is 6.08 Å². The third-order valence-corrected chi connectivity index (χ3v) is 6.49. The molecule has 1 fully saturated rings. The number of carbonyl (C=O) groups is 1. The summed E-state index contributed by atoms with van der Waals surface area (Å²) in [5.74, 6) is 1.97. The number of aromatic nitrogens is 2. The normalized spacial score (nSPS) is 14.5. The molecule has 3 heterocycles. The molecule has 9 heteroatoms. The third-order valence-electron chi connectivity index (χ3n) is 5.66. The number of thiazole rings is 1. The van der Waals surface area contributed by atoms with E-state index in [2.05, 4.69) is 15.0 Å². The average molecular weight is 469 g/mol. The maximum absolute atomic E-state index is 12.8. The lowest BCUT2D eigenvalue weighted by molar-refractivity contribution is -0.125. The number of anilines is 1. The first kappa shape index (κ1) is 22.8. The quantitative estimate of drug-likeness (QED) is 0.483. The van der Waals surface area contributed by atoms with Crippen LogP contribution in [0.3, 0.4) is 0 Å². The molecule has 1 aromatic carbocycles. The molecule has 8 nitrogen and oxygen atoms in total. The lowest BCUT2D eigenvalue weighted by Crippen LogP contribution is -2.34. The fourth-order valence-corrected chi connectivity index (χ4v) is 4.44. The van der Waals surface area contributed by atoms with E-state index in [1.807, 2.05) is 54.6 Å². The number of carbonyl (C=O) groups excluding carboxylic acids is 1. The summed E-state index contributed by atoms with van der Waals surface area (Å²) in [7, 11) is 1.60. The van der Waals surface area contributed by atoms with E-state index in [1.165, 1.54) is 0 Å². The van der Waals surface area contributed by atoms with Crippen molar-refractivity contribution in [3.8, 4) is 11.5 Å². The minimum Gasteiger partial charge on any atom is -0.493 e. The molecular formula is C24H28N4O4S. The Morgan fingerprint density at radius 2 is 2.09 bits per heavy atom. The molecule has 0 aliphatic carbocycles. The van der Waals surface area contributed by atoms with Crippen molar-refractivity contribution < 1.29 is 18.8 Å². The van der Waals surface area contributed by atoms with Crippen LogP contribution in [-0.4, -0.2) is 54.2 Å². The molecule has 33 heavy (non-hydrogen) atoms. The first-order valence-corrected chi connectivity index (χ1v) is 11.8. The molecule has 4 rings (SSSR count). The van der Waals surface area contributed by atoms with Crippen molar-refractivity contribution in [3.05, 3.63) is 58.4 Å². The summed E-state index contributed by atoms with van der Waals surface area (Å²) in [6.07, 6.45) is 6.17. The van der Waals surface area contributed by atoms with E-state index in [1.54, 1.807) is 24.5 Å². The molecule has 1 saturated heterocycles. The molecule has 0 radical (unpaired) electrons. The van der Waals surface area contributed by atoms with Gasteiger partial charge in [0.05, 0.1) is 18.4 Å². The van der Waals surface area contributed by atoms with Crippen molar-refractivity contribution in [2.24, 2.45) is 0 Å². The molecular weight excluding hydrogens is 440 g/mol. The van der Waals surface area contributed by atoms with Gasteiger partial charge in [0.15, 0.2) is 16.6 Å². The molecule has 1 aliphatic rings. The molecule has 3 aromatic rings. The van der Waals surface area contributed by atoms with Crippen molar-refractivity contribution in [2.45, 2.75) is 26.9 Å². The van der Waals surface area contributed by atoms with Gasteiger partial charge >= 0.3 is 0 Å². The summed E-state index contributed by atoms with van der Waals surface area (Å²) >= 11 is 1.63. The Balaban J connectivity index is 1.36. The molecule has 1 aliphatic heterocycles. The van der Waals surface area contributed by atoms with Crippen LogP contribution in [0.4, 0.5) is 5.13 Å². The topological polar surface area (TPSA) is 80.9 Å². The van der Waals surface area contributed by atoms with E-state index in [4.69, 9.17) is 14.0 Å². The highest BCUT2D eigenvalue weighted by molar-refractivity contribution is 7.13. The number of ether oxygens (including phenoxy) is 2. The van der Waals surface area contributed by atoms with Crippen molar-refractivity contribution >= 4 is 28.5 Å². The Morgan fingerprint density at radius 1 is 1.21 bits per heavy atom. The van der Waals surface area contributed by atoms with E-state index >= 15 is 0 Å². The molecule has 0 saturated carbocycles. The summed E-state index contributed by atoms with van der Waals surface area (Å²) in [6, 6.07) is 5.61. The minimum absolute atomic E-state index is 0.00805. The van der Waals surface area contributed by atoms with Gasteiger partial charge < -0.3 is 23.8 Å². The van der Waals surface area contributed by atoms with Crippen LogP contribution in [0.5, 0.6) is 11.5 Å². The Bertz CT molecular complexity index is 1090. The highest BCUT2D eigenvalue weighted by Gasteiger charge is 2.19. The van der Waals surface area contributed by atoms with Crippen molar-refractivity contribution in [1.82, 2.24) is 15.0 Å². The van der Waals surface area contributed by atoms with Crippen LogP contribution in [0.2, 0.25) is 0 Å². The maximum Gasteiger partial charge on any atom is 0.246 e. The Hall–Kier alpha value is -3.33. The zero-order chi connectivity index (χ0) is 23.2. The van der Waals surface area contributed by atoms with Crippen LogP contribution in [0.15, 0.2) is 40.4 Å². The van der Waals surface area contributed by atoms with Gasteiger partial charge in [0, 0.05) is 43.8 Å². The first-order chi connectivity index (χ1) is 16.0. The van der Waals surface area contributed by atoms with Crippen LogP contribution in [0, 0.1) is 13.8 Å². The summed E-state index contributed by atoms with van der Waals surface area (Å²) in [4.78, 5) is 21.3. The monoisotopic (exact) mass is 468 g/mol. The second-order valence-corrected chi connectivity index (χ2v) is 8.69.